The van der Waals surface area contributed by atoms with Crippen molar-refractivity contribution in [3.05, 3.63) is 0 Å². The monoisotopic (exact) mass is 352 g/mol. The first-order valence-electron chi connectivity index (χ1n) is 9.75. The molecule has 0 aromatic rings. The van der Waals surface area contributed by atoms with Crippen molar-refractivity contribution in [3.8, 4) is 0 Å². The van der Waals surface area contributed by atoms with Crippen molar-refractivity contribution < 1.29 is 19.5 Å². The zero-order valence-corrected chi connectivity index (χ0v) is 15.3. The number of nitrogens with zero attached hydrogens (tertiary/aromatic N) is 1. The van der Waals surface area contributed by atoms with Crippen LogP contribution in [0.3, 0.4) is 0 Å². The summed E-state index contributed by atoms with van der Waals surface area (Å²) in [5.41, 5.74) is 0. The smallest absolute Gasteiger partial charge is 0.303 e. The van der Waals surface area contributed by atoms with Gasteiger partial charge in [-0.15, -0.1) is 0 Å². The Labute approximate surface area is 150 Å². The third-order valence-corrected chi connectivity index (χ3v) is 5.54. The fourth-order valence-corrected chi connectivity index (χ4v) is 4.12. The molecule has 0 aromatic carbocycles. The number of amides is 2. The lowest BCUT2D eigenvalue weighted by molar-refractivity contribution is -0.138. The summed E-state index contributed by atoms with van der Waals surface area (Å²) in [6.45, 7) is 3.06. The molecule has 1 heterocycles. The van der Waals surface area contributed by atoms with Crippen molar-refractivity contribution in [2.45, 2.75) is 77.2 Å². The molecule has 2 rings (SSSR count). The second-order valence-electron chi connectivity index (χ2n) is 7.72. The summed E-state index contributed by atoms with van der Waals surface area (Å²) in [4.78, 5) is 37.3. The summed E-state index contributed by atoms with van der Waals surface area (Å²) in [5.74, 6) is -0.138. The number of rotatable bonds is 7. The Morgan fingerprint density at radius 3 is 2.44 bits per heavy atom. The summed E-state index contributed by atoms with van der Waals surface area (Å²) in [5, 5.41) is 11.7. The maximum Gasteiger partial charge on any atom is 0.303 e. The highest BCUT2D eigenvalue weighted by Gasteiger charge is 2.28. The van der Waals surface area contributed by atoms with E-state index in [0.717, 1.165) is 25.7 Å². The van der Waals surface area contributed by atoms with Gasteiger partial charge in [0.1, 0.15) is 6.04 Å². The summed E-state index contributed by atoms with van der Waals surface area (Å²) in [6.07, 6.45) is 9.08. The summed E-state index contributed by atoms with van der Waals surface area (Å²) in [7, 11) is 0. The van der Waals surface area contributed by atoms with Crippen LogP contribution in [0.2, 0.25) is 0 Å². The molecular formula is C19H32N2O4. The lowest BCUT2D eigenvalue weighted by atomic mass is 9.87. The van der Waals surface area contributed by atoms with Gasteiger partial charge in [0.25, 0.3) is 0 Å². The second-order valence-corrected chi connectivity index (χ2v) is 7.72. The first-order chi connectivity index (χ1) is 12.0. The van der Waals surface area contributed by atoms with Crippen LogP contribution in [0.5, 0.6) is 0 Å². The number of carbonyl (C=O) groups excluding carboxylic acids is 2. The largest absolute Gasteiger partial charge is 0.481 e. The standard InChI is InChI=1S/C19H32N2O4/c1-14(20-17(22)12-15-6-3-2-4-7-15)19(25)21-11-5-8-16(13-21)9-10-18(23)24/h14-16H,2-13H2,1H3,(H,20,22)(H,23,24). The molecule has 6 nitrogen and oxygen atoms in total. The van der Waals surface area contributed by atoms with Crippen molar-refractivity contribution in [1.82, 2.24) is 10.2 Å². The van der Waals surface area contributed by atoms with E-state index >= 15 is 0 Å². The number of likely N-dealkylation sites (tertiary alicyclic amines) is 1. The molecule has 1 saturated heterocycles. The van der Waals surface area contributed by atoms with Gasteiger partial charge in [-0.25, -0.2) is 0 Å². The fraction of sp³-hybridized carbons (Fsp3) is 0.842. The maximum atomic E-state index is 12.6. The Hall–Kier alpha value is -1.59. The Morgan fingerprint density at radius 1 is 1.08 bits per heavy atom. The van der Waals surface area contributed by atoms with Gasteiger partial charge < -0.3 is 15.3 Å². The molecule has 2 atom stereocenters. The van der Waals surface area contributed by atoms with Crippen molar-refractivity contribution in [3.63, 3.8) is 0 Å². The Kier molecular flexibility index (Phi) is 7.72. The SMILES string of the molecule is CC(NC(=O)CC1CCCCC1)C(=O)N1CCCC(CCC(=O)O)C1. The molecule has 2 N–H and O–H groups in total. The number of carboxylic acids is 1. The van der Waals surface area contributed by atoms with Crippen LogP contribution < -0.4 is 5.32 Å². The molecule has 142 valence electrons. The number of hydrogen-bond acceptors (Lipinski definition) is 3. The fourth-order valence-electron chi connectivity index (χ4n) is 4.12. The van der Waals surface area contributed by atoms with Gasteiger partial charge in [0.2, 0.25) is 11.8 Å². The van der Waals surface area contributed by atoms with E-state index in [-0.39, 0.29) is 24.2 Å². The van der Waals surface area contributed by atoms with Gasteiger partial charge in [0.15, 0.2) is 0 Å². The van der Waals surface area contributed by atoms with Crippen LogP contribution in [-0.2, 0) is 14.4 Å². The predicted octanol–water partition coefficient (Wildman–Crippen LogP) is 2.56. The van der Waals surface area contributed by atoms with Crippen LogP contribution in [0.1, 0.15) is 71.1 Å². The lowest BCUT2D eigenvalue weighted by Gasteiger charge is -2.34. The molecule has 0 spiro atoms. The minimum absolute atomic E-state index is 0.0211. The van der Waals surface area contributed by atoms with Crippen LogP contribution in [0.4, 0.5) is 0 Å². The van der Waals surface area contributed by atoms with Crippen LogP contribution in [0.15, 0.2) is 0 Å². The molecule has 2 fully saturated rings. The van der Waals surface area contributed by atoms with Gasteiger partial charge in [0, 0.05) is 25.9 Å². The quantitative estimate of drug-likeness (QED) is 0.737. The minimum Gasteiger partial charge on any atom is -0.481 e. The molecule has 2 amide bonds. The van der Waals surface area contributed by atoms with E-state index in [1.54, 1.807) is 11.8 Å². The van der Waals surface area contributed by atoms with Crippen molar-refractivity contribution >= 4 is 17.8 Å². The highest BCUT2D eigenvalue weighted by atomic mass is 16.4. The average molecular weight is 352 g/mol. The highest BCUT2D eigenvalue weighted by Crippen LogP contribution is 2.26. The third-order valence-electron chi connectivity index (χ3n) is 5.54. The molecule has 1 aliphatic heterocycles. The molecular weight excluding hydrogens is 320 g/mol. The van der Waals surface area contributed by atoms with Crippen LogP contribution in [-0.4, -0.2) is 46.9 Å². The maximum absolute atomic E-state index is 12.6. The Morgan fingerprint density at radius 2 is 1.76 bits per heavy atom. The van der Waals surface area contributed by atoms with E-state index < -0.39 is 12.0 Å². The van der Waals surface area contributed by atoms with Crippen LogP contribution >= 0.6 is 0 Å². The number of carboxylic acid groups (broad SMARTS) is 1. The zero-order chi connectivity index (χ0) is 18.2. The van der Waals surface area contributed by atoms with Gasteiger partial charge in [-0.2, -0.15) is 0 Å². The van der Waals surface area contributed by atoms with E-state index in [1.165, 1.54) is 19.3 Å². The third kappa shape index (κ3) is 6.67. The minimum atomic E-state index is -0.785. The summed E-state index contributed by atoms with van der Waals surface area (Å²) >= 11 is 0. The van der Waals surface area contributed by atoms with E-state index in [2.05, 4.69) is 5.32 Å². The van der Waals surface area contributed by atoms with E-state index in [0.29, 0.717) is 31.8 Å². The number of nitrogens with one attached hydrogen (secondary N) is 1. The van der Waals surface area contributed by atoms with E-state index in [4.69, 9.17) is 5.11 Å². The molecule has 1 saturated carbocycles. The molecule has 0 bridgehead atoms. The van der Waals surface area contributed by atoms with Crippen LogP contribution in [0.25, 0.3) is 0 Å². The zero-order valence-electron chi connectivity index (χ0n) is 15.3. The van der Waals surface area contributed by atoms with Crippen molar-refractivity contribution in [2.75, 3.05) is 13.1 Å². The van der Waals surface area contributed by atoms with Gasteiger partial charge >= 0.3 is 5.97 Å². The highest BCUT2D eigenvalue weighted by molar-refractivity contribution is 5.87. The van der Waals surface area contributed by atoms with Gasteiger partial charge in [-0.3, -0.25) is 14.4 Å². The molecule has 25 heavy (non-hydrogen) atoms. The van der Waals surface area contributed by atoms with Gasteiger partial charge in [-0.1, -0.05) is 19.3 Å². The molecule has 6 heteroatoms. The number of hydrogen-bond donors (Lipinski definition) is 2. The molecule has 1 aliphatic carbocycles. The first-order valence-corrected chi connectivity index (χ1v) is 9.75. The molecule has 2 aliphatic rings. The number of aliphatic carboxylic acids is 1. The molecule has 2 unspecified atom stereocenters. The van der Waals surface area contributed by atoms with Gasteiger partial charge in [0.05, 0.1) is 0 Å². The predicted molar refractivity (Wildman–Crippen MR) is 95.0 cm³/mol. The van der Waals surface area contributed by atoms with E-state index in [9.17, 15) is 14.4 Å². The molecule has 0 aromatic heterocycles. The van der Waals surface area contributed by atoms with Crippen LogP contribution in [0, 0.1) is 11.8 Å². The number of carbonyl (C=O) groups is 3. The summed E-state index contributed by atoms with van der Waals surface area (Å²) in [6, 6.07) is -0.505. The van der Waals surface area contributed by atoms with Crippen molar-refractivity contribution in [1.29, 1.82) is 0 Å². The second kappa shape index (κ2) is 9.78. The lowest BCUT2D eigenvalue weighted by Crippen LogP contribution is -2.50. The van der Waals surface area contributed by atoms with Crippen molar-refractivity contribution in [2.24, 2.45) is 11.8 Å². The Bertz CT molecular complexity index is 474. The van der Waals surface area contributed by atoms with Gasteiger partial charge in [-0.05, 0) is 50.9 Å². The normalized spacial score (nSPS) is 23.1. The Balaban J connectivity index is 1.75. The summed E-state index contributed by atoms with van der Waals surface area (Å²) < 4.78 is 0. The van der Waals surface area contributed by atoms with E-state index in [1.807, 2.05) is 0 Å². The average Bonchev–Trinajstić information content (AvgIpc) is 2.60. The topological polar surface area (TPSA) is 86.7 Å². The first kappa shape index (κ1) is 19.7. The molecule has 0 radical (unpaired) electrons. The number of piperidine rings is 1.